The van der Waals surface area contributed by atoms with Crippen molar-refractivity contribution in [3.63, 3.8) is 0 Å². The van der Waals surface area contributed by atoms with Crippen LogP contribution in [-0.4, -0.2) is 6.26 Å². The highest BCUT2D eigenvalue weighted by Crippen LogP contribution is 2.25. The van der Waals surface area contributed by atoms with Crippen LogP contribution in [0.2, 0.25) is 10.0 Å². The lowest BCUT2D eigenvalue weighted by molar-refractivity contribution is 0.574. The number of hydrogen-bond donors (Lipinski definition) is 1. The number of nitrogens with one attached hydrogen (secondary N) is 1. The Kier molecular flexibility index (Phi) is 5.79. The highest BCUT2D eigenvalue weighted by atomic mass is 35.5. The van der Waals surface area contributed by atoms with Crippen LogP contribution < -0.4 is 5.32 Å². The Bertz CT molecular complexity index is 549. The molecule has 1 unspecified atom stereocenters. The molecule has 0 aliphatic rings. The zero-order valence-electron chi connectivity index (χ0n) is 11.5. The minimum Gasteiger partial charge on any atom is -0.306 e. The van der Waals surface area contributed by atoms with Crippen LogP contribution in [0.5, 0.6) is 0 Å². The van der Waals surface area contributed by atoms with Gasteiger partial charge >= 0.3 is 0 Å². The van der Waals surface area contributed by atoms with Gasteiger partial charge in [-0.15, -0.1) is 11.8 Å². The summed E-state index contributed by atoms with van der Waals surface area (Å²) in [4.78, 5) is 1.27. The molecular formula is C16H17Cl2NS. The normalized spacial score (nSPS) is 12.4. The van der Waals surface area contributed by atoms with Crippen LogP contribution >= 0.6 is 35.0 Å². The van der Waals surface area contributed by atoms with Crippen LogP contribution in [0.3, 0.4) is 0 Å². The Balaban J connectivity index is 2.02. The molecular weight excluding hydrogens is 309 g/mol. The van der Waals surface area contributed by atoms with E-state index in [0.717, 1.165) is 5.56 Å². The molecule has 0 amide bonds. The Morgan fingerprint density at radius 3 is 2.20 bits per heavy atom. The predicted molar refractivity (Wildman–Crippen MR) is 89.9 cm³/mol. The van der Waals surface area contributed by atoms with E-state index in [4.69, 9.17) is 23.2 Å². The first kappa shape index (κ1) is 15.7. The van der Waals surface area contributed by atoms with E-state index in [2.05, 4.69) is 42.8 Å². The number of thioether (sulfide) groups is 1. The van der Waals surface area contributed by atoms with Gasteiger partial charge in [0.15, 0.2) is 0 Å². The first-order valence-corrected chi connectivity index (χ1v) is 8.40. The van der Waals surface area contributed by atoms with Crippen LogP contribution in [0, 0.1) is 0 Å². The molecule has 2 aromatic rings. The number of rotatable bonds is 5. The molecule has 1 N–H and O–H groups in total. The molecule has 0 aliphatic carbocycles. The molecule has 0 bridgehead atoms. The van der Waals surface area contributed by atoms with E-state index in [-0.39, 0.29) is 6.04 Å². The third-order valence-corrected chi connectivity index (χ3v) is 4.71. The van der Waals surface area contributed by atoms with Crippen molar-refractivity contribution < 1.29 is 0 Å². The predicted octanol–water partition coefficient (Wildman–Crippen LogP) is 5.57. The smallest absolute Gasteiger partial charge is 0.0465 e. The Labute approximate surface area is 134 Å². The molecule has 2 rings (SSSR count). The standard InChI is InChI=1S/C16H17Cl2NS/c1-11(12-6-8-13(20-2)9-7-12)19-10-14-15(17)4-3-5-16(14)18/h3-9,11,19H,10H2,1-2H3. The van der Waals surface area contributed by atoms with Crippen molar-refractivity contribution >= 4 is 35.0 Å². The molecule has 0 aromatic heterocycles. The van der Waals surface area contributed by atoms with Gasteiger partial charge in [-0.3, -0.25) is 0 Å². The summed E-state index contributed by atoms with van der Waals surface area (Å²) < 4.78 is 0. The van der Waals surface area contributed by atoms with Crippen molar-refractivity contribution in [3.05, 3.63) is 63.6 Å². The third-order valence-electron chi connectivity index (χ3n) is 3.26. The van der Waals surface area contributed by atoms with Crippen LogP contribution in [0.15, 0.2) is 47.4 Å². The minimum absolute atomic E-state index is 0.248. The molecule has 1 atom stereocenters. The van der Waals surface area contributed by atoms with Gasteiger partial charge in [0.2, 0.25) is 0 Å². The maximum Gasteiger partial charge on any atom is 0.0465 e. The highest BCUT2D eigenvalue weighted by molar-refractivity contribution is 7.98. The fourth-order valence-corrected chi connectivity index (χ4v) is 2.91. The van der Waals surface area contributed by atoms with Gasteiger partial charge in [0.05, 0.1) is 0 Å². The van der Waals surface area contributed by atoms with Gasteiger partial charge in [-0.05, 0) is 43.0 Å². The van der Waals surface area contributed by atoms with Gasteiger partial charge in [0.25, 0.3) is 0 Å². The third kappa shape index (κ3) is 3.92. The lowest BCUT2D eigenvalue weighted by Crippen LogP contribution is -2.18. The monoisotopic (exact) mass is 325 g/mol. The van der Waals surface area contributed by atoms with Crippen molar-refractivity contribution in [1.29, 1.82) is 0 Å². The SMILES string of the molecule is CSc1ccc(C(C)NCc2c(Cl)cccc2Cl)cc1. The Hall–Kier alpha value is -0.670. The average Bonchev–Trinajstić information content (AvgIpc) is 2.46. The van der Waals surface area contributed by atoms with E-state index in [0.29, 0.717) is 16.6 Å². The van der Waals surface area contributed by atoms with E-state index < -0.39 is 0 Å². The summed E-state index contributed by atoms with van der Waals surface area (Å²) >= 11 is 14.1. The average molecular weight is 326 g/mol. The lowest BCUT2D eigenvalue weighted by atomic mass is 10.1. The Morgan fingerprint density at radius 1 is 1.05 bits per heavy atom. The van der Waals surface area contributed by atoms with Gasteiger partial charge in [-0.1, -0.05) is 41.4 Å². The van der Waals surface area contributed by atoms with Crippen molar-refractivity contribution in [2.45, 2.75) is 24.4 Å². The second-order valence-corrected chi connectivity index (χ2v) is 6.27. The molecule has 0 aliphatic heterocycles. The van der Waals surface area contributed by atoms with Gasteiger partial charge in [0, 0.05) is 33.1 Å². The molecule has 0 radical (unpaired) electrons. The van der Waals surface area contributed by atoms with Crippen LogP contribution in [0.4, 0.5) is 0 Å². The second kappa shape index (κ2) is 7.37. The molecule has 2 aromatic carbocycles. The van der Waals surface area contributed by atoms with E-state index in [9.17, 15) is 0 Å². The molecule has 0 spiro atoms. The molecule has 4 heteroatoms. The van der Waals surface area contributed by atoms with Gasteiger partial charge in [0.1, 0.15) is 0 Å². The molecule has 20 heavy (non-hydrogen) atoms. The molecule has 0 saturated carbocycles. The summed E-state index contributed by atoms with van der Waals surface area (Å²) in [5.41, 5.74) is 2.20. The summed E-state index contributed by atoms with van der Waals surface area (Å²) in [6, 6.07) is 14.4. The first-order valence-electron chi connectivity index (χ1n) is 6.42. The summed E-state index contributed by atoms with van der Waals surface area (Å²) in [5, 5.41) is 4.87. The molecule has 0 fully saturated rings. The largest absolute Gasteiger partial charge is 0.306 e. The maximum absolute atomic E-state index is 6.17. The van der Waals surface area contributed by atoms with E-state index in [1.807, 2.05) is 18.2 Å². The molecule has 106 valence electrons. The van der Waals surface area contributed by atoms with E-state index in [1.165, 1.54) is 10.5 Å². The van der Waals surface area contributed by atoms with Gasteiger partial charge in [-0.2, -0.15) is 0 Å². The summed E-state index contributed by atoms with van der Waals surface area (Å²) in [5.74, 6) is 0. The minimum atomic E-state index is 0.248. The Morgan fingerprint density at radius 2 is 1.65 bits per heavy atom. The zero-order valence-corrected chi connectivity index (χ0v) is 13.8. The number of halogens is 2. The van der Waals surface area contributed by atoms with Gasteiger partial charge in [-0.25, -0.2) is 0 Å². The van der Waals surface area contributed by atoms with Crippen LogP contribution in [0.1, 0.15) is 24.1 Å². The highest BCUT2D eigenvalue weighted by Gasteiger charge is 2.09. The quantitative estimate of drug-likeness (QED) is 0.721. The first-order chi connectivity index (χ1) is 9.61. The number of hydrogen-bond acceptors (Lipinski definition) is 2. The molecule has 0 saturated heterocycles. The fourth-order valence-electron chi connectivity index (χ4n) is 1.97. The molecule has 1 nitrogen and oxygen atoms in total. The summed E-state index contributed by atoms with van der Waals surface area (Å²) in [6.45, 7) is 2.79. The van der Waals surface area contributed by atoms with Crippen LogP contribution in [0.25, 0.3) is 0 Å². The van der Waals surface area contributed by atoms with Crippen molar-refractivity contribution in [2.24, 2.45) is 0 Å². The second-order valence-electron chi connectivity index (χ2n) is 4.58. The van der Waals surface area contributed by atoms with Crippen LogP contribution in [-0.2, 0) is 6.54 Å². The fraction of sp³-hybridized carbons (Fsp3) is 0.250. The van der Waals surface area contributed by atoms with Crippen molar-refractivity contribution in [3.8, 4) is 0 Å². The van der Waals surface area contributed by atoms with Crippen molar-refractivity contribution in [2.75, 3.05) is 6.26 Å². The number of benzene rings is 2. The topological polar surface area (TPSA) is 12.0 Å². The zero-order chi connectivity index (χ0) is 14.5. The lowest BCUT2D eigenvalue weighted by Gasteiger charge is -2.16. The van der Waals surface area contributed by atoms with Gasteiger partial charge < -0.3 is 5.32 Å². The van der Waals surface area contributed by atoms with E-state index in [1.54, 1.807) is 11.8 Å². The summed E-state index contributed by atoms with van der Waals surface area (Å²) in [6.07, 6.45) is 2.08. The van der Waals surface area contributed by atoms with E-state index >= 15 is 0 Å². The maximum atomic E-state index is 6.17. The molecule has 0 heterocycles. The summed E-state index contributed by atoms with van der Waals surface area (Å²) in [7, 11) is 0. The van der Waals surface area contributed by atoms with Crippen molar-refractivity contribution in [1.82, 2.24) is 5.32 Å².